The van der Waals surface area contributed by atoms with Gasteiger partial charge in [0, 0.05) is 11.8 Å². The van der Waals surface area contributed by atoms with Crippen molar-refractivity contribution in [3.8, 4) is 11.8 Å². The van der Waals surface area contributed by atoms with Gasteiger partial charge in [-0.1, -0.05) is 24.1 Å². The predicted molar refractivity (Wildman–Crippen MR) is 98.9 cm³/mol. The maximum Gasteiger partial charge on any atom is 0.417 e. The number of alkyl halides is 3. The zero-order valence-corrected chi connectivity index (χ0v) is 15.5. The van der Waals surface area contributed by atoms with Crippen molar-refractivity contribution in [2.24, 2.45) is 0 Å². The quantitative estimate of drug-likeness (QED) is 0.481. The van der Waals surface area contributed by atoms with E-state index in [1.165, 1.54) is 18.2 Å². The van der Waals surface area contributed by atoms with Crippen LogP contribution in [0.5, 0.6) is 0 Å². The number of imidazole rings is 1. The van der Waals surface area contributed by atoms with Gasteiger partial charge in [-0.25, -0.2) is 9.78 Å². The van der Waals surface area contributed by atoms with E-state index < -0.39 is 17.7 Å². The molecule has 3 rings (SSSR count). The molecule has 150 valence electrons. The molecule has 1 aromatic carbocycles. The van der Waals surface area contributed by atoms with Gasteiger partial charge in [-0.15, -0.1) is 0 Å². The van der Waals surface area contributed by atoms with Crippen molar-refractivity contribution in [1.82, 2.24) is 9.38 Å². The number of halogens is 3. The van der Waals surface area contributed by atoms with E-state index in [4.69, 9.17) is 9.47 Å². The number of hydrogen-bond acceptors (Lipinski definition) is 4. The molecule has 0 saturated heterocycles. The SMILES string of the molecule is CCOC(=O)COCc1nc2ccccn2c1C#Cc1ccccc1C(F)(F)F. The molecule has 0 unspecified atom stereocenters. The van der Waals surface area contributed by atoms with E-state index in [1.54, 1.807) is 35.7 Å². The first-order chi connectivity index (χ1) is 13.9. The molecule has 0 fully saturated rings. The minimum Gasteiger partial charge on any atom is -0.464 e. The fourth-order valence-corrected chi connectivity index (χ4v) is 2.68. The monoisotopic (exact) mass is 402 g/mol. The van der Waals surface area contributed by atoms with Gasteiger partial charge in [0.1, 0.15) is 23.6 Å². The number of aromatic nitrogens is 2. The van der Waals surface area contributed by atoms with Crippen LogP contribution in [0.15, 0.2) is 48.7 Å². The minimum atomic E-state index is -4.50. The van der Waals surface area contributed by atoms with Crippen LogP contribution in [0.4, 0.5) is 13.2 Å². The Morgan fingerprint density at radius 2 is 1.90 bits per heavy atom. The van der Waals surface area contributed by atoms with Crippen LogP contribution in [0, 0.1) is 11.8 Å². The minimum absolute atomic E-state index is 0.0363. The molecule has 0 aliphatic carbocycles. The third-order valence-corrected chi connectivity index (χ3v) is 3.91. The summed E-state index contributed by atoms with van der Waals surface area (Å²) in [7, 11) is 0. The van der Waals surface area contributed by atoms with E-state index in [-0.39, 0.29) is 25.4 Å². The molecule has 0 aliphatic rings. The Balaban J connectivity index is 1.94. The number of benzene rings is 1. The van der Waals surface area contributed by atoms with Crippen LogP contribution in [-0.2, 0) is 27.1 Å². The Kier molecular flexibility index (Phi) is 6.20. The lowest BCUT2D eigenvalue weighted by atomic mass is 10.1. The molecular formula is C21H17F3N2O3. The summed E-state index contributed by atoms with van der Waals surface area (Å²) in [6.07, 6.45) is -2.80. The summed E-state index contributed by atoms with van der Waals surface area (Å²) < 4.78 is 51.4. The van der Waals surface area contributed by atoms with Crippen LogP contribution >= 0.6 is 0 Å². The molecule has 2 aromatic heterocycles. The smallest absolute Gasteiger partial charge is 0.417 e. The van der Waals surface area contributed by atoms with Gasteiger partial charge in [0.05, 0.1) is 18.8 Å². The molecule has 0 spiro atoms. The average molecular weight is 402 g/mol. The second-order valence-corrected chi connectivity index (χ2v) is 5.93. The molecule has 0 amide bonds. The topological polar surface area (TPSA) is 52.8 Å². The molecule has 0 aliphatic heterocycles. The zero-order chi connectivity index (χ0) is 20.9. The summed E-state index contributed by atoms with van der Waals surface area (Å²) >= 11 is 0. The predicted octanol–water partition coefficient (Wildman–Crippen LogP) is 3.83. The van der Waals surface area contributed by atoms with Gasteiger partial charge in [0.15, 0.2) is 0 Å². The zero-order valence-electron chi connectivity index (χ0n) is 15.5. The number of rotatable bonds is 5. The highest BCUT2D eigenvalue weighted by Gasteiger charge is 2.32. The van der Waals surface area contributed by atoms with E-state index >= 15 is 0 Å². The largest absolute Gasteiger partial charge is 0.464 e. The van der Waals surface area contributed by atoms with Gasteiger partial charge in [-0.2, -0.15) is 13.2 Å². The molecule has 2 heterocycles. The molecule has 0 N–H and O–H groups in total. The first-order valence-corrected chi connectivity index (χ1v) is 8.77. The number of carbonyl (C=O) groups excluding carboxylic acids is 1. The third kappa shape index (κ3) is 4.95. The Hall–Kier alpha value is -3.31. The van der Waals surface area contributed by atoms with Crippen LogP contribution in [0.1, 0.15) is 29.4 Å². The first kappa shape index (κ1) is 20.4. The lowest BCUT2D eigenvalue weighted by molar-refractivity contribution is -0.148. The van der Waals surface area contributed by atoms with Crippen LogP contribution in [0.25, 0.3) is 5.65 Å². The molecule has 0 radical (unpaired) electrons. The lowest BCUT2D eigenvalue weighted by Crippen LogP contribution is -2.12. The Morgan fingerprint density at radius 3 is 2.66 bits per heavy atom. The fourth-order valence-electron chi connectivity index (χ4n) is 2.68. The summed E-state index contributed by atoms with van der Waals surface area (Å²) in [6, 6.07) is 10.4. The fraction of sp³-hybridized carbons (Fsp3) is 0.238. The number of esters is 1. The van der Waals surface area contributed by atoms with Gasteiger partial charge in [0.25, 0.3) is 0 Å². The molecule has 5 nitrogen and oxygen atoms in total. The van der Waals surface area contributed by atoms with Crippen molar-refractivity contribution in [2.75, 3.05) is 13.2 Å². The molecule has 3 aromatic rings. The molecule has 0 atom stereocenters. The average Bonchev–Trinajstić information content (AvgIpc) is 3.03. The van der Waals surface area contributed by atoms with Gasteiger partial charge >= 0.3 is 12.1 Å². The van der Waals surface area contributed by atoms with Gasteiger partial charge in [-0.05, 0) is 37.1 Å². The summed E-state index contributed by atoms with van der Waals surface area (Å²) in [5.41, 5.74) is 0.431. The van der Waals surface area contributed by atoms with Crippen LogP contribution < -0.4 is 0 Å². The summed E-state index contributed by atoms with van der Waals surface area (Å²) in [5.74, 6) is 4.87. The van der Waals surface area contributed by atoms with Crippen molar-refractivity contribution in [3.05, 3.63) is 71.2 Å². The highest BCUT2D eigenvalue weighted by atomic mass is 19.4. The second kappa shape index (κ2) is 8.80. The highest BCUT2D eigenvalue weighted by Crippen LogP contribution is 2.31. The molecular weight excluding hydrogens is 385 g/mol. The Morgan fingerprint density at radius 1 is 1.14 bits per heavy atom. The van der Waals surface area contributed by atoms with E-state index in [9.17, 15) is 18.0 Å². The van der Waals surface area contributed by atoms with Crippen molar-refractivity contribution in [1.29, 1.82) is 0 Å². The summed E-state index contributed by atoms with van der Waals surface area (Å²) in [6.45, 7) is 1.63. The number of carbonyl (C=O) groups is 1. The molecule has 8 heteroatoms. The van der Waals surface area contributed by atoms with E-state index in [0.717, 1.165) is 6.07 Å². The first-order valence-electron chi connectivity index (χ1n) is 8.77. The summed E-state index contributed by atoms with van der Waals surface area (Å²) in [5, 5.41) is 0. The maximum atomic E-state index is 13.2. The van der Waals surface area contributed by atoms with E-state index in [0.29, 0.717) is 17.0 Å². The Labute approximate surface area is 165 Å². The number of fused-ring (bicyclic) bond motifs is 1. The van der Waals surface area contributed by atoms with Gasteiger partial charge in [-0.3, -0.25) is 4.40 Å². The van der Waals surface area contributed by atoms with Crippen molar-refractivity contribution < 1.29 is 27.4 Å². The van der Waals surface area contributed by atoms with E-state index in [1.807, 2.05) is 0 Å². The molecule has 29 heavy (non-hydrogen) atoms. The van der Waals surface area contributed by atoms with Gasteiger partial charge in [0.2, 0.25) is 0 Å². The molecule has 0 saturated carbocycles. The van der Waals surface area contributed by atoms with Crippen LogP contribution in [0.2, 0.25) is 0 Å². The summed E-state index contributed by atoms with van der Waals surface area (Å²) in [4.78, 5) is 15.8. The highest BCUT2D eigenvalue weighted by molar-refractivity contribution is 5.70. The van der Waals surface area contributed by atoms with Crippen molar-refractivity contribution in [2.45, 2.75) is 19.7 Å². The Bertz CT molecular complexity index is 1080. The van der Waals surface area contributed by atoms with Gasteiger partial charge < -0.3 is 9.47 Å². The third-order valence-electron chi connectivity index (χ3n) is 3.91. The molecule has 0 bridgehead atoms. The van der Waals surface area contributed by atoms with Crippen molar-refractivity contribution >= 4 is 11.6 Å². The van der Waals surface area contributed by atoms with E-state index in [2.05, 4.69) is 16.8 Å². The van der Waals surface area contributed by atoms with Crippen molar-refractivity contribution in [3.63, 3.8) is 0 Å². The standard InChI is InChI=1S/C21H17F3N2O3/c1-2-29-20(27)14-28-13-17-18(26-12-6-5-9-19(26)25-17)11-10-15-7-3-4-8-16(15)21(22,23)24/h3-9,12H,2,13-14H2,1H3. The lowest BCUT2D eigenvalue weighted by Gasteiger charge is -2.08. The van der Waals surface area contributed by atoms with Crippen LogP contribution in [0.3, 0.4) is 0 Å². The normalized spacial score (nSPS) is 11.2. The second-order valence-electron chi connectivity index (χ2n) is 5.93. The maximum absolute atomic E-state index is 13.2. The number of pyridine rings is 1. The number of hydrogen-bond donors (Lipinski definition) is 0. The van der Waals surface area contributed by atoms with Crippen LogP contribution in [-0.4, -0.2) is 28.6 Å². The number of ether oxygens (including phenoxy) is 2. The number of nitrogens with zero attached hydrogens (tertiary/aromatic N) is 2.